The molecule has 0 N–H and O–H groups in total. The van der Waals surface area contributed by atoms with Gasteiger partial charge in [-0.05, 0) is 26.2 Å². The molecule has 0 bridgehead atoms. The van der Waals surface area contributed by atoms with Gasteiger partial charge in [0.15, 0.2) is 0 Å². The van der Waals surface area contributed by atoms with Gasteiger partial charge in [0.2, 0.25) is 0 Å². The Hall–Kier alpha value is -0.560. The smallest absolute Gasteiger partial charge is 0.0575 e. The van der Waals surface area contributed by atoms with Gasteiger partial charge in [0.1, 0.15) is 0 Å². The molecule has 1 saturated carbocycles. The zero-order valence-corrected chi connectivity index (χ0v) is 9.96. The lowest BCUT2D eigenvalue weighted by molar-refractivity contribution is 0.0160. The summed E-state index contributed by atoms with van der Waals surface area (Å²) in [5.41, 5.74) is 1.71. The first-order valence-electron chi connectivity index (χ1n) is 6.15. The summed E-state index contributed by atoms with van der Waals surface area (Å²) in [7, 11) is 0. The van der Waals surface area contributed by atoms with E-state index >= 15 is 0 Å². The van der Waals surface area contributed by atoms with E-state index in [0.717, 1.165) is 13.0 Å². The molecule has 0 aliphatic heterocycles. The van der Waals surface area contributed by atoms with Crippen LogP contribution in [0.2, 0.25) is 0 Å². The Balaban J connectivity index is 1.83. The second-order valence-electron chi connectivity index (χ2n) is 5.42. The molecule has 0 heterocycles. The van der Waals surface area contributed by atoms with Crippen molar-refractivity contribution in [2.45, 2.75) is 52.1 Å². The first kappa shape index (κ1) is 10.9. The normalized spacial score (nSPS) is 32.0. The van der Waals surface area contributed by atoms with E-state index in [1.54, 1.807) is 0 Å². The molecule has 0 amide bonds. The van der Waals surface area contributed by atoms with Crippen LogP contribution in [0.15, 0.2) is 23.8 Å². The minimum Gasteiger partial charge on any atom is -0.377 e. The molecule has 0 saturated heterocycles. The molecule has 0 aromatic carbocycles. The average molecular weight is 206 g/mol. The van der Waals surface area contributed by atoms with Crippen LogP contribution in [0.5, 0.6) is 0 Å². The molecule has 2 aliphatic rings. The van der Waals surface area contributed by atoms with Gasteiger partial charge in [-0.15, -0.1) is 0 Å². The van der Waals surface area contributed by atoms with Crippen LogP contribution in [0.1, 0.15) is 46.0 Å². The summed E-state index contributed by atoms with van der Waals surface area (Å²) >= 11 is 0. The van der Waals surface area contributed by atoms with Crippen LogP contribution in [0.25, 0.3) is 0 Å². The van der Waals surface area contributed by atoms with Crippen LogP contribution in [0.4, 0.5) is 0 Å². The molecule has 1 nitrogen and oxygen atoms in total. The topological polar surface area (TPSA) is 9.23 Å². The Labute approximate surface area is 93.2 Å². The molecule has 1 atom stereocenters. The minimum atomic E-state index is 0.238. The van der Waals surface area contributed by atoms with Crippen molar-refractivity contribution in [3.05, 3.63) is 23.8 Å². The Morgan fingerprint density at radius 3 is 2.80 bits per heavy atom. The van der Waals surface area contributed by atoms with E-state index in [2.05, 4.69) is 32.1 Å². The van der Waals surface area contributed by atoms with Crippen molar-refractivity contribution in [3.63, 3.8) is 0 Å². The van der Waals surface area contributed by atoms with Crippen molar-refractivity contribution in [1.82, 2.24) is 0 Å². The SMILES string of the molecule is CC1=CC=CC(C)(COC2CCCC2)C1. The van der Waals surface area contributed by atoms with Gasteiger partial charge in [0, 0.05) is 5.41 Å². The lowest BCUT2D eigenvalue weighted by atomic mass is 9.81. The van der Waals surface area contributed by atoms with Crippen molar-refractivity contribution in [1.29, 1.82) is 0 Å². The zero-order valence-electron chi connectivity index (χ0n) is 9.96. The van der Waals surface area contributed by atoms with Gasteiger partial charge in [-0.2, -0.15) is 0 Å². The van der Waals surface area contributed by atoms with Gasteiger partial charge in [-0.3, -0.25) is 0 Å². The maximum absolute atomic E-state index is 6.02. The van der Waals surface area contributed by atoms with E-state index < -0.39 is 0 Å². The highest BCUT2D eigenvalue weighted by molar-refractivity contribution is 5.21. The molecule has 0 aromatic heterocycles. The molecule has 0 aromatic rings. The van der Waals surface area contributed by atoms with E-state index in [9.17, 15) is 0 Å². The van der Waals surface area contributed by atoms with Crippen molar-refractivity contribution in [3.8, 4) is 0 Å². The second-order valence-corrected chi connectivity index (χ2v) is 5.42. The molecule has 2 aliphatic carbocycles. The average Bonchev–Trinajstić information content (AvgIpc) is 2.67. The predicted molar refractivity (Wildman–Crippen MR) is 63.8 cm³/mol. The van der Waals surface area contributed by atoms with Gasteiger partial charge in [0.05, 0.1) is 12.7 Å². The zero-order chi connectivity index (χ0) is 10.7. The molecule has 0 spiro atoms. The van der Waals surface area contributed by atoms with Gasteiger partial charge >= 0.3 is 0 Å². The lowest BCUT2D eigenvalue weighted by Gasteiger charge is -2.30. The van der Waals surface area contributed by atoms with Crippen LogP contribution < -0.4 is 0 Å². The van der Waals surface area contributed by atoms with Gasteiger partial charge < -0.3 is 4.74 Å². The van der Waals surface area contributed by atoms with Crippen LogP contribution in [0, 0.1) is 5.41 Å². The fourth-order valence-corrected chi connectivity index (χ4v) is 2.66. The number of allylic oxidation sites excluding steroid dienone is 3. The van der Waals surface area contributed by atoms with Gasteiger partial charge in [-0.25, -0.2) is 0 Å². The van der Waals surface area contributed by atoms with Gasteiger partial charge in [0.25, 0.3) is 0 Å². The highest BCUT2D eigenvalue weighted by Crippen LogP contribution is 2.33. The summed E-state index contributed by atoms with van der Waals surface area (Å²) in [6.07, 6.45) is 13.6. The second kappa shape index (κ2) is 4.52. The molecular weight excluding hydrogens is 184 g/mol. The molecular formula is C14H22O. The number of hydrogen-bond donors (Lipinski definition) is 0. The highest BCUT2D eigenvalue weighted by atomic mass is 16.5. The molecule has 2 rings (SSSR count). The fraction of sp³-hybridized carbons (Fsp3) is 0.714. The first-order valence-corrected chi connectivity index (χ1v) is 6.15. The summed E-state index contributed by atoms with van der Waals surface area (Å²) in [4.78, 5) is 0. The molecule has 1 unspecified atom stereocenters. The van der Waals surface area contributed by atoms with Crippen LogP contribution >= 0.6 is 0 Å². The van der Waals surface area contributed by atoms with E-state index in [1.165, 1.54) is 31.3 Å². The van der Waals surface area contributed by atoms with Crippen molar-refractivity contribution >= 4 is 0 Å². The third-order valence-corrected chi connectivity index (χ3v) is 3.51. The molecule has 1 heteroatoms. The summed E-state index contributed by atoms with van der Waals surface area (Å²) in [6, 6.07) is 0. The standard InChI is InChI=1S/C14H22O/c1-12-6-5-9-14(2,10-12)11-15-13-7-3-4-8-13/h5-6,9,13H,3-4,7-8,10-11H2,1-2H3. The minimum absolute atomic E-state index is 0.238. The van der Waals surface area contributed by atoms with Crippen molar-refractivity contribution in [2.24, 2.45) is 5.41 Å². The van der Waals surface area contributed by atoms with Crippen molar-refractivity contribution < 1.29 is 4.74 Å². The third kappa shape index (κ3) is 2.94. The summed E-state index contributed by atoms with van der Waals surface area (Å²) in [6.45, 7) is 5.39. The van der Waals surface area contributed by atoms with Crippen LogP contribution in [-0.2, 0) is 4.74 Å². The Morgan fingerprint density at radius 2 is 2.13 bits per heavy atom. The Morgan fingerprint density at radius 1 is 1.40 bits per heavy atom. The third-order valence-electron chi connectivity index (χ3n) is 3.51. The maximum Gasteiger partial charge on any atom is 0.0575 e. The summed E-state index contributed by atoms with van der Waals surface area (Å²) < 4.78 is 6.02. The largest absolute Gasteiger partial charge is 0.377 e. The monoisotopic (exact) mass is 206 g/mol. The molecule has 0 radical (unpaired) electrons. The Bertz CT molecular complexity index is 271. The number of hydrogen-bond acceptors (Lipinski definition) is 1. The number of ether oxygens (including phenoxy) is 1. The first-order chi connectivity index (χ1) is 7.18. The Kier molecular flexibility index (Phi) is 3.30. The van der Waals surface area contributed by atoms with Gasteiger partial charge in [-0.1, -0.05) is 43.6 Å². The maximum atomic E-state index is 6.02. The lowest BCUT2D eigenvalue weighted by Crippen LogP contribution is -2.25. The van der Waals surface area contributed by atoms with Crippen molar-refractivity contribution in [2.75, 3.05) is 6.61 Å². The van der Waals surface area contributed by atoms with Crippen LogP contribution in [0.3, 0.4) is 0 Å². The van der Waals surface area contributed by atoms with E-state index in [0.29, 0.717) is 6.10 Å². The molecule has 1 fully saturated rings. The summed E-state index contributed by atoms with van der Waals surface area (Å²) in [5, 5.41) is 0. The highest BCUT2D eigenvalue weighted by Gasteiger charge is 2.26. The quantitative estimate of drug-likeness (QED) is 0.681. The summed E-state index contributed by atoms with van der Waals surface area (Å²) in [5.74, 6) is 0. The van der Waals surface area contributed by atoms with Crippen LogP contribution in [-0.4, -0.2) is 12.7 Å². The molecule has 15 heavy (non-hydrogen) atoms. The predicted octanol–water partition coefficient (Wildman–Crippen LogP) is 3.86. The fourth-order valence-electron chi connectivity index (χ4n) is 2.66. The molecule has 84 valence electrons. The van der Waals surface area contributed by atoms with E-state index in [1.807, 2.05) is 0 Å². The number of rotatable bonds is 3. The van der Waals surface area contributed by atoms with E-state index in [-0.39, 0.29) is 5.41 Å². The van der Waals surface area contributed by atoms with E-state index in [4.69, 9.17) is 4.74 Å².